The van der Waals surface area contributed by atoms with Gasteiger partial charge in [0.15, 0.2) is 4.34 Å². The summed E-state index contributed by atoms with van der Waals surface area (Å²) in [6.07, 6.45) is 0. The quantitative estimate of drug-likeness (QED) is 0.238. The van der Waals surface area contributed by atoms with Gasteiger partial charge in [-0.15, -0.1) is 10.2 Å². The average molecular weight is 311 g/mol. The van der Waals surface area contributed by atoms with Gasteiger partial charge in [-0.2, -0.15) is 0 Å². The first kappa shape index (κ1) is 14.6. The van der Waals surface area contributed by atoms with Gasteiger partial charge in [0.1, 0.15) is 5.75 Å². The van der Waals surface area contributed by atoms with Crippen LogP contribution in [0.5, 0.6) is 5.75 Å². The Labute approximate surface area is 123 Å². The molecular weight excluding hydrogens is 298 g/mol. The molecule has 0 aliphatic carbocycles. The number of rotatable bonds is 6. The van der Waals surface area contributed by atoms with Crippen LogP contribution in [0.15, 0.2) is 28.6 Å². The highest BCUT2D eigenvalue weighted by atomic mass is 32.2. The lowest BCUT2D eigenvalue weighted by atomic mass is 10.2. The largest absolute Gasteiger partial charge is 0.493 e. The zero-order valence-corrected chi connectivity index (χ0v) is 12.0. The van der Waals surface area contributed by atoms with E-state index in [0.29, 0.717) is 28.8 Å². The number of hydrogen-bond acceptors (Lipinski definition) is 8. The van der Waals surface area contributed by atoms with Crippen molar-refractivity contribution in [2.45, 2.75) is 4.34 Å². The second-order valence-electron chi connectivity index (χ2n) is 3.60. The Morgan fingerprint density at radius 1 is 1.45 bits per heavy atom. The normalized spacial score (nSPS) is 10.2. The van der Waals surface area contributed by atoms with Crippen LogP contribution in [-0.4, -0.2) is 28.5 Å². The third-order valence-corrected chi connectivity index (χ3v) is 4.08. The predicted octanol–water partition coefficient (Wildman–Crippen LogP) is 0.895. The number of nitrogens with one attached hydrogen (secondary N) is 1. The molecular formula is C11H13N5O2S2. The SMILES string of the molecule is NNC(=O)c1cccc(OCCSc2nnc(N)s2)c1. The van der Waals surface area contributed by atoms with Gasteiger partial charge in [0.05, 0.1) is 6.61 Å². The number of nitrogen functional groups attached to an aromatic ring is 2. The first-order valence-corrected chi connectivity index (χ1v) is 7.45. The molecule has 0 fully saturated rings. The first-order valence-electron chi connectivity index (χ1n) is 5.64. The molecule has 0 atom stereocenters. The monoisotopic (exact) mass is 311 g/mol. The van der Waals surface area contributed by atoms with E-state index in [9.17, 15) is 4.79 Å². The summed E-state index contributed by atoms with van der Waals surface area (Å²) in [6, 6.07) is 6.81. The molecule has 5 N–H and O–H groups in total. The number of thioether (sulfide) groups is 1. The zero-order valence-electron chi connectivity index (χ0n) is 10.4. The van der Waals surface area contributed by atoms with E-state index in [4.69, 9.17) is 16.3 Å². The van der Waals surface area contributed by atoms with Gasteiger partial charge in [0, 0.05) is 11.3 Å². The number of aromatic nitrogens is 2. The number of hydrazine groups is 1. The summed E-state index contributed by atoms with van der Waals surface area (Å²) >= 11 is 2.86. The molecule has 0 radical (unpaired) electrons. The fourth-order valence-corrected chi connectivity index (χ4v) is 2.90. The fraction of sp³-hybridized carbons (Fsp3) is 0.182. The Hall–Kier alpha value is -1.84. The Bertz CT molecular complexity index is 590. The van der Waals surface area contributed by atoms with E-state index in [1.165, 1.54) is 23.1 Å². The van der Waals surface area contributed by atoms with Gasteiger partial charge < -0.3 is 10.5 Å². The molecule has 2 aromatic rings. The molecule has 106 valence electrons. The molecule has 0 saturated heterocycles. The van der Waals surface area contributed by atoms with Gasteiger partial charge in [-0.1, -0.05) is 29.2 Å². The smallest absolute Gasteiger partial charge is 0.265 e. The van der Waals surface area contributed by atoms with Crippen molar-refractivity contribution < 1.29 is 9.53 Å². The van der Waals surface area contributed by atoms with E-state index in [1.807, 2.05) is 0 Å². The van der Waals surface area contributed by atoms with Crippen LogP contribution in [0.4, 0.5) is 5.13 Å². The van der Waals surface area contributed by atoms with Crippen LogP contribution in [0, 0.1) is 0 Å². The van der Waals surface area contributed by atoms with Gasteiger partial charge in [-0.25, -0.2) is 5.84 Å². The highest BCUT2D eigenvalue weighted by Gasteiger charge is 2.05. The van der Waals surface area contributed by atoms with Crippen LogP contribution in [0.3, 0.4) is 0 Å². The van der Waals surface area contributed by atoms with Crippen molar-refractivity contribution in [3.05, 3.63) is 29.8 Å². The van der Waals surface area contributed by atoms with E-state index >= 15 is 0 Å². The molecule has 1 amide bonds. The van der Waals surface area contributed by atoms with Gasteiger partial charge in [-0.3, -0.25) is 10.2 Å². The van der Waals surface area contributed by atoms with Crippen LogP contribution in [0.2, 0.25) is 0 Å². The average Bonchev–Trinajstić information content (AvgIpc) is 2.88. The summed E-state index contributed by atoms with van der Waals surface area (Å²) in [7, 11) is 0. The lowest BCUT2D eigenvalue weighted by Crippen LogP contribution is -2.29. The van der Waals surface area contributed by atoms with Crippen molar-refractivity contribution in [2.24, 2.45) is 5.84 Å². The number of nitrogens with zero attached hydrogens (tertiary/aromatic N) is 2. The summed E-state index contributed by atoms with van der Waals surface area (Å²) in [4.78, 5) is 11.4. The maximum absolute atomic E-state index is 11.4. The number of benzene rings is 1. The first-order chi connectivity index (χ1) is 9.69. The molecule has 20 heavy (non-hydrogen) atoms. The van der Waals surface area contributed by atoms with E-state index < -0.39 is 0 Å². The molecule has 0 aliphatic heterocycles. The number of amides is 1. The minimum atomic E-state index is -0.353. The Morgan fingerprint density at radius 3 is 3.00 bits per heavy atom. The van der Waals surface area contributed by atoms with Crippen molar-refractivity contribution in [2.75, 3.05) is 18.1 Å². The second kappa shape index (κ2) is 7.08. The third kappa shape index (κ3) is 4.08. The molecule has 0 saturated carbocycles. The number of carbonyl (C=O) groups excluding carboxylic acids is 1. The number of nitrogens with two attached hydrogens (primary N) is 2. The van der Waals surface area contributed by atoms with Crippen LogP contribution >= 0.6 is 23.1 Å². The molecule has 1 heterocycles. The van der Waals surface area contributed by atoms with Crippen molar-refractivity contribution in [1.82, 2.24) is 15.6 Å². The molecule has 0 aliphatic rings. The van der Waals surface area contributed by atoms with E-state index in [1.54, 1.807) is 24.3 Å². The van der Waals surface area contributed by atoms with Crippen molar-refractivity contribution in [3.8, 4) is 5.75 Å². The van der Waals surface area contributed by atoms with Gasteiger partial charge in [0.2, 0.25) is 5.13 Å². The van der Waals surface area contributed by atoms with Crippen molar-refractivity contribution in [3.63, 3.8) is 0 Å². The molecule has 1 aromatic heterocycles. The predicted molar refractivity (Wildman–Crippen MR) is 78.6 cm³/mol. The fourth-order valence-electron chi connectivity index (χ4n) is 1.38. The minimum absolute atomic E-state index is 0.353. The van der Waals surface area contributed by atoms with Gasteiger partial charge in [0.25, 0.3) is 5.91 Å². The highest BCUT2D eigenvalue weighted by Crippen LogP contribution is 2.23. The molecule has 9 heteroatoms. The third-order valence-electron chi connectivity index (χ3n) is 2.23. The summed E-state index contributed by atoms with van der Waals surface area (Å²) in [6.45, 7) is 0.484. The van der Waals surface area contributed by atoms with Crippen molar-refractivity contribution >= 4 is 34.1 Å². The number of anilines is 1. The minimum Gasteiger partial charge on any atom is -0.493 e. The molecule has 7 nitrogen and oxygen atoms in total. The molecule has 0 unspecified atom stereocenters. The number of carbonyl (C=O) groups is 1. The second-order valence-corrected chi connectivity index (χ2v) is 5.96. The van der Waals surface area contributed by atoms with Crippen molar-refractivity contribution in [1.29, 1.82) is 0 Å². The Kier molecular flexibility index (Phi) is 5.16. The van der Waals surface area contributed by atoms with E-state index in [2.05, 4.69) is 15.6 Å². The topological polar surface area (TPSA) is 116 Å². The van der Waals surface area contributed by atoms with Gasteiger partial charge >= 0.3 is 0 Å². The van der Waals surface area contributed by atoms with Crippen LogP contribution in [-0.2, 0) is 0 Å². The van der Waals surface area contributed by atoms with Crippen LogP contribution < -0.4 is 21.7 Å². The lowest BCUT2D eigenvalue weighted by molar-refractivity contribution is 0.0953. The lowest BCUT2D eigenvalue weighted by Gasteiger charge is -2.06. The standard InChI is InChI=1S/C11H13N5O2S2/c12-10-15-16-11(20-10)19-5-4-18-8-3-1-2-7(6-8)9(17)14-13/h1-3,6H,4-5,13H2,(H2,12,15)(H,14,17). The summed E-state index contributed by atoms with van der Waals surface area (Å²) in [5, 5.41) is 8.07. The molecule has 2 rings (SSSR count). The molecule has 0 bridgehead atoms. The highest BCUT2D eigenvalue weighted by molar-refractivity contribution is 8.01. The van der Waals surface area contributed by atoms with E-state index in [-0.39, 0.29) is 5.91 Å². The summed E-state index contributed by atoms with van der Waals surface area (Å²) in [5.41, 5.74) is 8.01. The number of ether oxygens (including phenoxy) is 1. The van der Waals surface area contributed by atoms with Crippen LogP contribution in [0.25, 0.3) is 0 Å². The van der Waals surface area contributed by atoms with Gasteiger partial charge in [-0.05, 0) is 18.2 Å². The molecule has 0 spiro atoms. The van der Waals surface area contributed by atoms with Crippen LogP contribution in [0.1, 0.15) is 10.4 Å². The maximum atomic E-state index is 11.4. The maximum Gasteiger partial charge on any atom is 0.265 e. The Balaban J connectivity index is 1.80. The number of hydrogen-bond donors (Lipinski definition) is 3. The zero-order chi connectivity index (χ0) is 14.4. The molecule has 1 aromatic carbocycles. The van der Waals surface area contributed by atoms with E-state index in [0.717, 1.165) is 4.34 Å². The summed E-state index contributed by atoms with van der Waals surface area (Å²) < 4.78 is 6.36. The Morgan fingerprint density at radius 2 is 2.30 bits per heavy atom. The summed E-state index contributed by atoms with van der Waals surface area (Å²) in [5.74, 6) is 6.05.